The van der Waals surface area contributed by atoms with Crippen molar-refractivity contribution in [2.75, 3.05) is 19.6 Å². The number of hydrogen-bond donors (Lipinski definition) is 1. The highest BCUT2D eigenvalue weighted by molar-refractivity contribution is 6.31. The highest BCUT2D eigenvalue weighted by Crippen LogP contribution is 2.42. The first kappa shape index (κ1) is 18.2. The summed E-state index contributed by atoms with van der Waals surface area (Å²) in [4.78, 5) is 15.5. The Morgan fingerprint density at radius 1 is 1.25 bits per heavy atom. The van der Waals surface area contributed by atoms with Crippen molar-refractivity contribution >= 4 is 17.5 Å². The van der Waals surface area contributed by atoms with E-state index in [4.69, 9.17) is 11.6 Å². The van der Waals surface area contributed by atoms with Gasteiger partial charge in [0.15, 0.2) is 0 Å². The van der Waals surface area contributed by atoms with E-state index < -0.39 is 0 Å². The molecule has 0 bridgehead atoms. The van der Waals surface area contributed by atoms with E-state index in [2.05, 4.69) is 15.3 Å². The molecule has 6 heteroatoms. The zero-order valence-corrected chi connectivity index (χ0v) is 17.1. The van der Waals surface area contributed by atoms with E-state index >= 15 is 0 Å². The number of aromatic nitrogens is 2. The third-order valence-corrected chi connectivity index (χ3v) is 6.75. The first-order valence-electron chi connectivity index (χ1n) is 10.5. The first-order valence-corrected chi connectivity index (χ1v) is 10.8. The molecule has 28 heavy (non-hydrogen) atoms. The quantitative estimate of drug-likeness (QED) is 0.802. The van der Waals surface area contributed by atoms with Gasteiger partial charge < -0.3 is 10.2 Å². The standard InChI is InChI=1S/C22H27ClN4O/c1-14-2-5-18(10-20(14)23)27-21(16-3-4-16)19(12-25-27)22(28)24-11-15-8-9-26(13-15)17-6-7-17/h2,5,10,12,15-17H,3-4,6-9,11,13H2,1H3,(H,24,28). The topological polar surface area (TPSA) is 50.2 Å². The van der Waals surface area contributed by atoms with Crippen molar-refractivity contribution < 1.29 is 4.79 Å². The van der Waals surface area contributed by atoms with Crippen molar-refractivity contribution in [1.29, 1.82) is 0 Å². The molecule has 2 saturated carbocycles. The third-order valence-electron chi connectivity index (χ3n) is 6.35. The Labute approximate surface area is 171 Å². The molecule has 2 heterocycles. The summed E-state index contributed by atoms with van der Waals surface area (Å²) in [6, 6.07) is 6.78. The van der Waals surface area contributed by atoms with Crippen LogP contribution in [0.1, 0.15) is 59.6 Å². The van der Waals surface area contributed by atoms with E-state index in [9.17, 15) is 4.79 Å². The summed E-state index contributed by atoms with van der Waals surface area (Å²) >= 11 is 6.32. The molecule has 0 spiro atoms. The molecule has 2 aliphatic carbocycles. The van der Waals surface area contributed by atoms with Crippen molar-refractivity contribution in [3.8, 4) is 5.69 Å². The molecule has 5 rings (SSSR count). The molecule has 1 atom stereocenters. The summed E-state index contributed by atoms with van der Waals surface area (Å²) in [5.74, 6) is 0.997. The Bertz CT molecular complexity index is 900. The average Bonchev–Trinajstić information content (AvgIpc) is 3.63. The first-order chi connectivity index (χ1) is 13.6. The Morgan fingerprint density at radius 2 is 2.07 bits per heavy atom. The smallest absolute Gasteiger partial charge is 0.254 e. The summed E-state index contributed by atoms with van der Waals surface area (Å²) in [6.45, 7) is 5.06. The van der Waals surface area contributed by atoms with Crippen LogP contribution in [0.15, 0.2) is 24.4 Å². The zero-order chi connectivity index (χ0) is 19.3. The Hall–Kier alpha value is -1.85. The van der Waals surface area contributed by atoms with E-state index in [0.29, 0.717) is 11.8 Å². The van der Waals surface area contributed by atoms with Gasteiger partial charge in [-0.3, -0.25) is 4.79 Å². The SMILES string of the molecule is Cc1ccc(-n2ncc(C(=O)NCC3CCN(C4CC4)C3)c2C2CC2)cc1Cl. The van der Waals surface area contributed by atoms with Gasteiger partial charge in [0.25, 0.3) is 5.91 Å². The number of rotatable bonds is 6. The van der Waals surface area contributed by atoms with Crippen LogP contribution in [0.25, 0.3) is 5.69 Å². The summed E-state index contributed by atoms with van der Waals surface area (Å²) in [5, 5.41) is 8.46. The second kappa shape index (κ2) is 7.20. The lowest BCUT2D eigenvalue weighted by Crippen LogP contribution is -2.31. The van der Waals surface area contributed by atoms with Gasteiger partial charge in [0.1, 0.15) is 0 Å². The minimum Gasteiger partial charge on any atom is -0.352 e. The monoisotopic (exact) mass is 398 g/mol. The molecule has 5 nitrogen and oxygen atoms in total. The maximum atomic E-state index is 12.9. The van der Waals surface area contributed by atoms with Crippen LogP contribution in [0.4, 0.5) is 0 Å². The second-order valence-corrected chi connectivity index (χ2v) is 9.06. The molecule has 1 aromatic carbocycles. The fourth-order valence-corrected chi connectivity index (χ4v) is 4.51. The molecular formula is C22H27ClN4O. The summed E-state index contributed by atoms with van der Waals surface area (Å²) < 4.78 is 1.91. The highest BCUT2D eigenvalue weighted by Gasteiger charge is 2.35. The van der Waals surface area contributed by atoms with Gasteiger partial charge in [-0.1, -0.05) is 17.7 Å². The van der Waals surface area contributed by atoms with Gasteiger partial charge in [-0.15, -0.1) is 0 Å². The number of carbonyl (C=O) groups is 1. The van der Waals surface area contributed by atoms with Crippen LogP contribution >= 0.6 is 11.6 Å². The predicted molar refractivity (Wildman–Crippen MR) is 110 cm³/mol. The van der Waals surface area contributed by atoms with E-state index in [0.717, 1.165) is 59.5 Å². The van der Waals surface area contributed by atoms with E-state index in [-0.39, 0.29) is 5.91 Å². The number of hydrogen-bond acceptors (Lipinski definition) is 3. The molecule has 1 unspecified atom stereocenters. The van der Waals surface area contributed by atoms with Crippen molar-refractivity contribution in [3.63, 3.8) is 0 Å². The molecule has 148 valence electrons. The van der Waals surface area contributed by atoms with Gasteiger partial charge in [0, 0.05) is 30.1 Å². The number of carbonyl (C=O) groups excluding carboxylic acids is 1. The van der Waals surface area contributed by atoms with Crippen molar-refractivity contribution in [2.24, 2.45) is 5.92 Å². The van der Waals surface area contributed by atoms with Crippen LogP contribution in [0, 0.1) is 12.8 Å². The molecule has 1 aromatic heterocycles. The molecule has 1 saturated heterocycles. The van der Waals surface area contributed by atoms with Crippen LogP contribution in [0.3, 0.4) is 0 Å². The minimum absolute atomic E-state index is 0.0104. The molecule has 3 aliphatic rings. The fourth-order valence-electron chi connectivity index (χ4n) is 4.33. The Morgan fingerprint density at radius 3 is 2.79 bits per heavy atom. The molecular weight excluding hydrogens is 372 g/mol. The predicted octanol–water partition coefficient (Wildman–Crippen LogP) is 3.93. The minimum atomic E-state index is 0.0104. The van der Waals surface area contributed by atoms with Gasteiger partial charge in [0.05, 0.1) is 23.1 Å². The summed E-state index contributed by atoms with van der Waals surface area (Å²) in [7, 11) is 0. The van der Waals surface area contributed by atoms with Gasteiger partial charge in [0.2, 0.25) is 0 Å². The maximum Gasteiger partial charge on any atom is 0.254 e. The number of nitrogens with zero attached hydrogens (tertiary/aromatic N) is 3. The normalized spacial score (nSPS) is 22.6. The van der Waals surface area contributed by atoms with Gasteiger partial charge in [-0.25, -0.2) is 4.68 Å². The lowest BCUT2D eigenvalue weighted by atomic mass is 10.1. The molecule has 3 fully saturated rings. The number of aryl methyl sites for hydroxylation is 1. The molecule has 2 aromatic rings. The number of halogens is 1. The molecule has 1 N–H and O–H groups in total. The zero-order valence-electron chi connectivity index (χ0n) is 16.3. The third kappa shape index (κ3) is 3.58. The number of amides is 1. The molecule has 1 amide bonds. The van der Waals surface area contributed by atoms with E-state index in [1.54, 1.807) is 6.20 Å². The largest absolute Gasteiger partial charge is 0.352 e. The van der Waals surface area contributed by atoms with Crippen molar-refractivity contribution in [2.45, 2.75) is 51.0 Å². The lowest BCUT2D eigenvalue weighted by molar-refractivity contribution is 0.0946. The van der Waals surface area contributed by atoms with Crippen LogP contribution in [-0.4, -0.2) is 46.3 Å². The van der Waals surface area contributed by atoms with E-state index in [1.807, 2.05) is 29.8 Å². The number of benzene rings is 1. The van der Waals surface area contributed by atoms with Crippen molar-refractivity contribution in [1.82, 2.24) is 20.0 Å². The maximum absolute atomic E-state index is 12.9. The van der Waals surface area contributed by atoms with Crippen LogP contribution < -0.4 is 5.32 Å². The van der Waals surface area contributed by atoms with Crippen LogP contribution in [0.5, 0.6) is 0 Å². The van der Waals surface area contributed by atoms with Crippen molar-refractivity contribution in [3.05, 3.63) is 46.2 Å². The lowest BCUT2D eigenvalue weighted by Gasteiger charge is -2.15. The number of likely N-dealkylation sites (tertiary alicyclic amines) is 1. The number of nitrogens with one attached hydrogen (secondary N) is 1. The van der Waals surface area contributed by atoms with Gasteiger partial charge >= 0.3 is 0 Å². The van der Waals surface area contributed by atoms with Gasteiger partial charge in [-0.2, -0.15) is 5.10 Å². The summed E-state index contributed by atoms with van der Waals surface area (Å²) in [5.41, 5.74) is 3.72. The average molecular weight is 399 g/mol. The van der Waals surface area contributed by atoms with Gasteiger partial charge in [-0.05, 0) is 69.2 Å². The Balaban J connectivity index is 1.31. The molecule has 1 aliphatic heterocycles. The highest BCUT2D eigenvalue weighted by atomic mass is 35.5. The fraction of sp³-hybridized carbons (Fsp3) is 0.545. The van der Waals surface area contributed by atoms with E-state index in [1.165, 1.54) is 25.8 Å². The van der Waals surface area contributed by atoms with Crippen LogP contribution in [-0.2, 0) is 0 Å². The summed E-state index contributed by atoms with van der Waals surface area (Å²) in [6.07, 6.45) is 7.85. The second-order valence-electron chi connectivity index (χ2n) is 8.65. The Kier molecular flexibility index (Phi) is 4.68. The molecule has 0 radical (unpaired) electrons. The van der Waals surface area contributed by atoms with Crippen LogP contribution in [0.2, 0.25) is 5.02 Å².